The lowest BCUT2D eigenvalue weighted by Crippen LogP contribution is -2.31. The zero-order valence-corrected chi connectivity index (χ0v) is 37.6. The number of carbonyl (C=O) groups excluding carboxylic acids is 5. The average Bonchev–Trinajstić information content (AvgIpc) is 3.83. The van der Waals surface area contributed by atoms with Crippen LogP contribution in [0.25, 0.3) is 21.7 Å². The van der Waals surface area contributed by atoms with E-state index in [0.717, 1.165) is 86.8 Å². The molecule has 0 saturated heterocycles. The van der Waals surface area contributed by atoms with E-state index in [9.17, 15) is 19.2 Å². The molecule has 4 amide bonds. The second-order valence-electron chi connectivity index (χ2n) is 16.1. The number of carbonyl (C=O) groups is 5. The molecule has 0 saturated carbocycles. The van der Waals surface area contributed by atoms with E-state index in [1.54, 1.807) is 71.7 Å². The molecule has 5 aromatic carbocycles. The van der Waals surface area contributed by atoms with Gasteiger partial charge < -0.3 is 0 Å². The first kappa shape index (κ1) is 42.1. The Balaban J connectivity index is 1.17. The second kappa shape index (κ2) is 17.9. The van der Waals surface area contributed by atoms with Crippen molar-refractivity contribution in [2.75, 3.05) is 22.2 Å². The van der Waals surface area contributed by atoms with Crippen LogP contribution in [-0.2, 0) is 13.0 Å². The minimum Gasteiger partial charge on any atom is -0.293 e. The number of aromatic nitrogens is 1. The van der Waals surface area contributed by atoms with Gasteiger partial charge in [0.25, 0.3) is 23.6 Å². The first-order chi connectivity index (χ1) is 30.2. The van der Waals surface area contributed by atoms with Crippen molar-refractivity contribution in [1.29, 1.82) is 0 Å². The zero-order chi connectivity index (χ0) is 43.1. The lowest BCUT2D eigenvalue weighted by atomic mass is 9.98. The minimum atomic E-state index is -0.576. The summed E-state index contributed by atoms with van der Waals surface area (Å²) in [7, 11) is 0. The Bertz CT molecular complexity index is 2800. The highest BCUT2D eigenvalue weighted by Crippen LogP contribution is 2.47. The Labute approximate surface area is 374 Å². The van der Waals surface area contributed by atoms with Gasteiger partial charge in [-0.05, 0) is 101 Å². The molecule has 11 heteroatoms. The van der Waals surface area contributed by atoms with Crippen molar-refractivity contribution >= 4 is 92.1 Å². The van der Waals surface area contributed by atoms with Crippen LogP contribution in [0.5, 0.6) is 0 Å². The molecule has 0 spiro atoms. The van der Waals surface area contributed by atoms with Crippen LogP contribution < -0.4 is 4.90 Å². The largest absolute Gasteiger partial charge is 0.293 e. The molecule has 314 valence electrons. The summed E-state index contributed by atoms with van der Waals surface area (Å²) in [4.78, 5) is 82.1. The van der Waals surface area contributed by atoms with Crippen LogP contribution in [0.15, 0.2) is 106 Å². The van der Waals surface area contributed by atoms with Gasteiger partial charge in [0.05, 0.1) is 51.6 Å². The number of rotatable bonds is 16. The predicted molar refractivity (Wildman–Crippen MR) is 252 cm³/mol. The molecule has 3 aliphatic rings. The molecule has 8 nitrogen and oxygen atoms in total. The van der Waals surface area contributed by atoms with Gasteiger partial charge in [0.15, 0.2) is 5.78 Å². The molecule has 1 unspecified atom stereocenters. The maximum absolute atomic E-state index is 15.1. The second-order valence-corrected chi connectivity index (χ2v) is 19.4. The summed E-state index contributed by atoms with van der Waals surface area (Å²) >= 11 is 5.20. The highest BCUT2D eigenvalue weighted by molar-refractivity contribution is 8.03. The molecule has 3 heterocycles. The van der Waals surface area contributed by atoms with Crippen LogP contribution in [0.2, 0.25) is 0 Å². The monoisotopic (exact) mass is 877 g/mol. The number of benzene rings is 5. The number of anilines is 1. The predicted octanol–water partition coefficient (Wildman–Crippen LogP) is 12.2. The summed E-state index contributed by atoms with van der Waals surface area (Å²) in [6, 6.07) is 27.9. The van der Waals surface area contributed by atoms with E-state index in [4.69, 9.17) is 4.98 Å². The summed E-state index contributed by atoms with van der Waals surface area (Å²) in [5.41, 5.74) is 4.96. The number of amides is 4. The Hall–Kier alpha value is -5.23. The maximum Gasteiger partial charge on any atom is 0.267 e. The van der Waals surface area contributed by atoms with E-state index in [2.05, 4.69) is 26.8 Å². The minimum absolute atomic E-state index is 0.0305. The highest BCUT2D eigenvalue weighted by Gasteiger charge is 2.43. The van der Waals surface area contributed by atoms with Crippen LogP contribution >= 0.6 is 35.3 Å². The molecule has 0 N–H and O–H groups in total. The number of hydrogen-bond donors (Lipinski definition) is 0. The SMILES string of the molecule is CCCCSc1cc2c(c(SCCCC)c1SCCCC)C(=O)N(c1ccc(CN3C(=O)c4ccccc4C3=O)c3ccc(C4Cc5cc6ccccc6cc5C4=O)nc13)C2=O. The van der Waals surface area contributed by atoms with Crippen molar-refractivity contribution in [3.63, 3.8) is 0 Å². The lowest BCUT2D eigenvalue weighted by molar-refractivity contribution is 0.0642. The third-order valence-corrected chi connectivity index (χ3v) is 15.8. The molecule has 0 radical (unpaired) electrons. The molecule has 0 fully saturated rings. The normalized spacial score (nSPS) is 15.7. The number of nitrogens with zero attached hydrogens (tertiary/aromatic N) is 3. The van der Waals surface area contributed by atoms with Crippen LogP contribution in [0.3, 0.4) is 0 Å². The van der Waals surface area contributed by atoms with Gasteiger partial charge in [-0.1, -0.05) is 94.6 Å². The number of thioether (sulfide) groups is 3. The zero-order valence-electron chi connectivity index (χ0n) is 35.1. The molecule has 9 rings (SSSR count). The molecule has 2 aliphatic heterocycles. The smallest absolute Gasteiger partial charge is 0.267 e. The third kappa shape index (κ3) is 7.45. The first-order valence-electron chi connectivity index (χ1n) is 21.7. The van der Waals surface area contributed by atoms with Gasteiger partial charge in [-0.2, -0.15) is 0 Å². The van der Waals surface area contributed by atoms with Gasteiger partial charge in [-0.15, -0.1) is 35.3 Å². The molecule has 6 aromatic rings. The Morgan fingerprint density at radius 2 is 1.24 bits per heavy atom. The van der Waals surface area contributed by atoms with E-state index in [-0.39, 0.29) is 24.1 Å². The lowest BCUT2D eigenvalue weighted by Gasteiger charge is -2.21. The van der Waals surface area contributed by atoms with Gasteiger partial charge in [0.1, 0.15) is 0 Å². The van der Waals surface area contributed by atoms with E-state index in [1.807, 2.05) is 48.5 Å². The van der Waals surface area contributed by atoms with E-state index in [0.29, 0.717) is 62.1 Å². The Kier molecular flexibility index (Phi) is 12.1. The van der Waals surface area contributed by atoms with Gasteiger partial charge in [-0.25, -0.2) is 9.88 Å². The van der Waals surface area contributed by atoms with Crippen molar-refractivity contribution < 1.29 is 24.0 Å². The van der Waals surface area contributed by atoms with Gasteiger partial charge in [0, 0.05) is 25.6 Å². The standard InChI is InChI=1S/C51H47N3O5S3/c1-4-7-22-60-42-28-39-43(47(62-24-9-6-3)46(42)61-23-8-5-2)51(59)54(50(39)58)41-21-18-32(29-53-48(56)35-16-12-13-17-36(35)49(53)57)34-19-20-40(52-44(34)41)38-27-33-25-30-14-10-11-15-31(30)26-37(33)45(38)55/h10-21,25-26,28,38H,4-9,22-24,27,29H2,1-3H3. The highest BCUT2D eigenvalue weighted by atomic mass is 32.2. The number of pyridine rings is 1. The summed E-state index contributed by atoms with van der Waals surface area (Å²) in [5, 5.41) is 2.63. The maximum atomic E-state index is 15.1. The third-order valence-electron chi connectivity index (χ3n) is 12.0. The van der Waals surface area contributed by atoms with Gasteiger partial charge in [0.2, 0.25) is 0 Å². The number of hydrogen-bond acceptors (Lipinski definition) is 9. The van der Waals surface area contributed by atoms with Crippen molar-refractivity contribution in [2.45, 2.75) is 92.9 Å². The fourth-order valence-corrected chi connectivity index (χ4v) is 12.8. The topological polar surface area (TPSA) is 105 Å². The Morgan fingerprint density at radius 3 is 1.92 bits per heavy atom. The number of Topliss-reactive ketones (excluding diaryl/α,β-unsaturated/α-hetero) is 1. The summed E-state index contributed by atoms with van der Waals surface area (Å²) < 4.78 is 0. The number of ketones is 1. The van der Waals surface area contributed by atoms with Crippen molar-refractivity contribution in [1.82, 2.24) is 9.88 Å². The van der Waals surface area contributed by atoms with Crippen LogP contribution in [0.4, 0.5) is 5.69 Å². The van der Waals surface area contributed by atoms with Crippen LogP contribution in [0, 0.1) is 0 Å². The fraction of sp³-hybridized carbons (Fsp3) is 0.294. The number of fused-ring (bicyclic) bond motifs is 5. The fourth-order valence-electron chi connectivity index (χ4n) is 8.65. The summed E-state index contributed by atoms with van der Waals surface area (Å²) in [5.74, 6) is 0.452. The quantitative estimate of drug-likeness (QED) is 0.0534. The average molecular weight is 878 g/mol. The van der Waals surface area contributed by atoms with Crippen molar-refractivity contribution in [3.05, 3.63) is 136 Å². The van der Waals surface area contributed by atoms with Gasteiger partial charge >= 0.3 is 0 Å². The van der Waals surface area contributed by atoms with Gasteiger partial charge in [-0.3, -0.25) is 28.9 Å². The molecule has 1 aliphatic carbocycles. The molecule has 1 aromatic heterocycles. The number of unbranched alkanes of at least 4 members (excludes halogenated alkanes) is 3. The van der Waals surface area contributed by atoms with E-state index in [1.165, 1.54) is 9.80 Å². The first-order valence-corrected chi connectivity index (χ1v) is 24.6. The Morgan fingerprint density at radius 1 is 0.613 bits per heavy atom. The molecular formula is C51H47N3O5S3. The molecule has 1 atom stereocenters. The molecule has 0 bridgehead atoms. The van der Waals surface area contributed by atoms with Crippen molar-refractivity contribution in [3.8, 4) is 0 Å². The number of imide groups is 2. The summed E-state index contributed by atoms with van der Waals surface area (Å²) in [6.07, 6.45) is 6.63. The molecule has 62 heavy (non-hydrogen) atoms. The summed E-state index contributed by atoms with van der Waals surface area (Å²) in [6.45, 7) is 6.46. The van der Waals surface area contributed by atoms with E-state index < -0.39 is 17.7 Å². The van der Waals surface area contributed by atoms with Crippen molar-refractivity contribution in [2.24, 2.45) is 0 Å². The van der Waals surface area contributed by atoms with Crippen LogP contribution in [0.1, 0.15) is 134 Å². The van der Waals surface area contributed by atoms with E-state index >= 15 is 4.79 Å². The molecular weight excluding hydrogens is 831 g/mol. The van der Waals surface area contributed by atoms with Crippen LogP contribution in [-0.4, -0.2) is 56.6 Å².